The summed E-state index contributed by atoms with van der Waals surface area (Å²) in [6, 6.07) is 14.1. The summed E-state index contributed by atoms with van der Waals surface area (Å²) in [4.78, 5) is 22.9. The highest BCUT2D eigenvalue weighted by atomic mass is 16.1. The van der Waals surface area contributed by atoms with Crippen molar-refractivity contribution in [3.05, 3.63) is 71.2 Å². The second-order valence-corrected chi connectivity index (χ2v) is 9.00. The highest BCUT2D eigenvalue weighted by molar-refractivity contribution is 6.11. The summed E-state index contributed by atoms with van der Waals surface area (Å²) >= 11 is 0. The van der Waals surface area contributed by atoms with Gasteiger partial charge in [0, 0.05) is 23.7 Å². The van der Waals surface area contributed by atoms with E-state index in [1.807, 2.05) is 29.8 Å². The molecule has 1 aliphatic carbocycles. The Labute approximate surface area is 175 Å². The van der Waals surface area contributed by atoms with E-state index in [1.54, 1.807) is 6.20 Å². The Morgan fingerprint density at radius 2 is 1.73 bits per heavy atom. The van der Waals surface area contributed by atoms with Gasteiger partial charge in [0.15, 0.2) is 11.4 Å². The Balaban J connectivity index is 1.89. The summed E-state index contributed by atoms with van der Waals surface area (Å²) < 4.78 is 1.89. The number of nitrogens with zero attached hydrogens (tertiary/aromatic N) is 4. The first kappa shape index (κ1) is 18.7. The Hall–Kier alpha value is -3.34. The lowest BCUT2D eigenvalue weighted by Crippen LogP contribution is -2.28. The molecule has 4 aromatic rings. The van der Waals surface area contributed by atoms with Gasteiger partial charge in [-0.15, -0.1) is 0 Å². The van der Waals surface area contributed by atoms with Gasteiger partial charge in [0.05, 0.1) is 28.2 Å². The van der Waals surface area contributed by atoms with Gasteiger partial charge < -0.3 is 0 Å². The molecule has 0 saturated carbocycles. The predicted molar refractivity (Wildman–Crippen MR) is 118 cm³/mol. The van der Waals surface area contributed by atoms with Crippen LogP contribution in [0.1, 0.15) is 47.6 Å². The molecular formula is C25H24N4O. The van der Waals surface area contributed by atoms with E-state index in [-0.39, 0.29) is 11.2 Å². The van der Waals surface area contributed by atoms with Crippen LogP contribution in [0.2, 0.25) is 0 Å². The van der Waals surface area contributed by atoms with Crippen molar-refractivity contribution in [3.63, 3.8) is 0 Å². The van der Waals surface area contributed by atoms with Crippen LogP contribution in [0.25, 0.3) is 28.0 Å². The fraction of sp³-hybridized carbons (Fsp3) is 0.280. The zero-order valence-electron chi connectivity index (χ0n) is 17.7. The number of fused-ring (bicyclic) bond motifs is 2. The van der Waals surface area contributed by atoms with Gasteiger partial charge in [0.1, 0.15) is 0 Å². The predicted octanol–water partition coefficient (Wildman–Crippen LogP) is 5.25. The van der Waals surface area contributed by atoms with Crippen LogP contribution in [-0.2, 0) is 6.42 Å². The number of rotatable bonds is 2. The topological polar surface area (TPSA) is 60.7 Å². The minimum Gasteiger partial charge on any atom is -0.294 e. The second-order valence-electron chi connectivity index (χ2n) is 9.00. The van der Waals surface area contributed by atoms with Crippen LogP contribution < -0.4 is 0 Å². The molecule has 0 spiro atoms. The van der Waals surface area contributed by atoms with Crippen LogP contribution in [0.5, 0.6) is 0 Å². The molecule has 0 amide bonds. The highest BCUT2D eigenvalue weighted by Crippen LogP contribution is 2.42. The molecule has 3 heterocycles. The van der Waals surface area contributed by atoms with Crippen molar-refractivity contribution in [1.29, 1.82) is 0 Å². The average molecular weight is 396 g/mol. The number of carbonyl (C=O) groups excluding carboxylic acids is 1. The number of hydrogen-bond donors (Lipinski definition) is 0. The minimum atomic E-state index is -0.115. The van der Waals surface area contributed by atoms with E-state index in [0.29, 0.717) is 12.0 Å². The molecule has 0 aliphatic heterocycles. The van der Waals surface area contributed by atoms with E-state index in [1.165, 1.54) is 5.56 Å². The molecule has 30 heavy (non-hydrogen) atoms. The molecule has 5 nitrogen and oxygen atoms in total. The quantitative estimate of drug-likeness (QED) is 0.464. The molecule has 1 aromatic carbocycles. The van der Waals surface area contributed by atoms with Crippen molar-refractivity contribution in [2.24, 2.45) is 5.41 Å². The Bertz CT molecular complexity index is 1280. The van der Waals surface area contributed by atoms with E-state index in [4.69, 9.17) is 10.1 Å². The SMILES string of the molecule is Cc1ccc(-n2nc(C)c3c(-c4ccccn4)c4c(nc32)CC(C)(C)CC4=O)cc1. The smallest absolute Gasteiger partial charge is 0.165 e. The molecule has 0 saturated heterocycles. The highest BCUT2D eigenvalue weighted by Gasteiger charge is 2.36. The Kier molecular flexibility index (Phi) is 4.10. The molecule has 0 atom stereocenters. The van der Waals surface area contributed by atoms with Gasteiger partial charge >= 0.3 is 0 Å². The number of aryl methyl sites for hydroxylation is 2. The first-order chi connectivity index (χ1) is 14.3. The number of Topliss-reactive ketones (excluding diaryl/α,β-unsaturated/α-hetero) is 1. The molecule has 5 rings (SSSR count). The van der Waals surface area contributed by atoms with Crippen molar-refractivity contribution in [3.8, 4) is 16.9 Å². The lowest BCUT2D eigenvalue weighted by Gasteiger charge is -2.30. The van der Waals surface area contributed by atoms with Crippen LogP contribution in [0.3, 0.4) is 0 Å². The second kappa shape index (κ2) is 6.59. The zero-order chi connectivity index (χ0) is 21.0. The molecule has 150 valence electrons. The zero-order valence-corrected chi connectivity index (χ0v) is 17.7. The molecule has 0 radical (unpaired) electrons. The van der Waals surface area contributed by atoms with Gasteiger partial charge in [-0.05, 0) is 49.9 Å². The van der Waals surface area contributed by atoms with Crippen molar-refractivity contribution in [2.45, 2.75) is 40.5 Å². The summed E-state index contributed by atoms with van der Waals surface area (Å²) in [6.07, 6.45) is 3.03. The van der Waals surface area contributed by atoms with Gasteiger partial charge in [0.2, 0.25) is 0 Å². The normalized spacial score (nSPS) is 15.4. The third-order valence-electron chi connectivity index (χ3n) is 5.83. The van der Waals surface area contributed by atoms with Gasteiger partial charge in [0.25, 0.3) is 0 Å². The standard InChI is InChI=1S/C25H24N4O/c1-15-8-10-17(11-9-15)29-24-21(16(2)28-29)23(18-7-5-6-12-26-18)22-19(27-24)13-25(3,4)14-20(22)30/h5-12H,13-14H2,1-4H3. The third kappa shape index (κ3) is 2.93. The van der Waals surface area contributed by atoms with Gasteiger partial charge in [-0.25, -0.2) is 9.67 Å². The number of hydrogen-bond acceptors (Lipinski definition) is 4. The maximum Gasteiger partial charge on any atom is 0.165 e. The van der Waals surface area contributed by atoms with Gasteiger partial charge in [-0.2, -0.15) is 5.10 Å². The average Bonchev–Trinajstić information content (AvgIpc) is 3.03. The maximum absolute atomic E-state index is 13.3. The summed E-state index contributed by atoms with van der Waals surface area (Å²) in [7, 11) is 0. The molecule has 1 aliphatic rings. The maximum atomic E-state index is 13.3. The number of aromatic nitrogens is 4. The summed E-state index contributed by atoms with van der Waals surface area (Å²) in [6.45, 7) is 8.30. The van der Waals surface area contributed by atoms with E-state index in [2.05, 4.69) is 50.0 Å². The van der Waals surface area contributed by atoms with Crippen LogP contribution in [0.15, 0.2) is 48.7 Å². The lowest BCUT2D eigenvalue weighted by molar-refractivity contribution is 0.0911. The lowest BCUT2D eigenvalue weighted by atomic mass is 9.74. The molecule has 0 unspecified atom stereocenters. The minimum absolute atomic E-state index is 0.115. The van der Waals surface area contributed by atoms with Gasteiger partial charge in [-0.3, -0.25) is 9.78 Å². The van der Waals surface area contributed by atoms with Crippen LogP contribution in [0.4, 0.5) is 0 Å². The Morgan fingerprint density at radius 3 is 2.43 bits per heavy atom. The van der Waals surface area contributed by atoms with Gasteiger partial charge in [-0.1, -0.05) is 37.6 Å². The molecule has 3 aromatic heterocycles. The fourth-order valence-electron chi connectivity index (χ4n) is 4.46. The van der Waals surface area contributed by atoms with Crippen molar-refractivity contribution >= 4 is 16.8 Å². The number of ketones is 1. The molecular weight excluding hydrogens is 372 g/mol. The summed E-state index contributed by atoms with van der Waals surface area (Å²) in [5.41, 5.74) is 6.88. The van der Waals surface area contributed by atoms with Crippen molar-refractivity contribution < 1.29 is 4.79 Å². The number of benzene rings is 1. The van der Waals surface area contributed by atoms with Crippen LogP contribution >= 0.6 is 0 Å². The van der Waals surface area contributed by atoms with E-state index < -0.39 is 0 Å². The largest absolute Gasteiger partial charge is 0.294 e. The number of carbonyl (C=O) groups is 1. The Morgan fingerprint density at radius 1 is 0.967 bits per heavy atom. The number of pyridine rings is 2. The molecule has 0 fully saturated rings. The van der Waals surface area contributed by atoms with E-state index in [9.17, 15) is 4.79 Å². The first-order valence-corrected chi connectivity index (χ1v) is 10.3. The van der Waals surface area contributed by atoms with Crippen LogP contribution in [-0.4, -0.2) is 25.5 Å². The first-order valence-electron chi connectivity index (χ1n) is 10.3. The molecule has 5 heteroatoms. The summed E-state index contributed by atoms with van der Waals surface area (Å²) in [5, 5.41) is 5.73. The molecule has 0 bridgehead atoms. The fourth-order valence-corrected chi connectivity index (χ4v) is 4.46. The third-order valence-corrected chi connectivity index (χ3v) is 5.83. The van der Waals surface area contributed by atoms with E-state index >= 15 is 0 Å². The summed E-state index contributed by atoms with van der Waals surface area (Å²) in [5.74, 6) is 0.138. The van der Waals surface area contributed by atoms with Crippen molar-refractivity contribution in [1.82, 2.24) is 19.7 Å². The molecule has 0 N–H and O–H groups in total. The monoisotopic (exact) mass is 396 g/mol. The van der Waals surface area contributed by atoms with Crippen molar-refractivity contribution in [2.75, 3.05) is 0 Å². The van der Waals surface area contributed by atoms with Crippen LogP contribution in [0, 0.1) is 19.3 Å². The van der Waals surface area contributed by atoms with E-state index in [0.717, 1.165) is 45.8 Å².